The molecule has 2 aromatic carbocycles. The van der Waals surface area contributed by atoms with Crippen LogP contribution in [0.5, 0.6) is 0 Å². The van der Waals surface area contributed by atoms with E-state index < -0.39 is 0 Å². The molecule has 4 nitrogen and oxygen atoms in total. The minimum Gasteiger partial charge on any atom is -0.420 e. The molecule has 0 amide bonds. The lowest BCUT2D eigenvalue weighted by Gasteiger charge is -2.41. The Hall–Kier alpha value is -2.46. The van der Waals surface area contributed by atoms with E-state index in [1.54, 1.807) is 0 Å². The third-order valence-corrected chi connectivity index (χ3v) is 6.52. The second-order valence-corrected chi connectivity index (χ2v) is 8.05. The zero-order valence-corrected chi connectivity index (χ0v) is 15.9. The number of likely N-dealkylation sites (N-methyl/N-ethyl adjacent to an activating group) is 1. The number of aromatic nitrogens is 2. The second-order valence-electron chi connectivity index (χ2n) is 8.05. The summed E-state index contributed by atoms with van der Waals surface area (Å²) < 4.78 is 6.23. The van der Waals surface area contributed by atoms with E-state index >= 15 is 0 Å². The molecule has 5 rings (SSSR count). The van der Waals surface area contributed by atoms with Crippen LogP contribution in [-0.4, -0.2) is 34.2 Å². The summed E-state index contributed by atoms with van der Waals surface area (Å²) >= 11 is 0. The topological polar surface area (TPSA) is 42.2 Å². The zero-order chi connectivity index (χ0) is 18.4. The fourth-order valence-corrected chi connectivity index (χ4v) is 5.03. The Morgan fingerprint density at radius 1 is 0.963 bits per heavy atom. The maximum atomic E-state index is 6.23. The van der Waals surface area contributed by atoms with E-state index in [-0.39, 0.29) is 5.92 Å². The number of benzene rings is 2. The van der Waals surface area contributed by atoms with Crippen molar-refractivity contribution in [3.63, 3.8) is 0 Å². The van der Waals surface area contributed by atoms with Gasteiger partial charge in [-0.1, -0.05) is 48.0 Å². The van der Waals surface area contributed by atoms with Crippen LogP contribution in [0, 0.1) is 6.92 Å². The van der Waals surface area contributed by atoms with Crippen LogP contribution in [0.2, 0.25) is 0 Å². The van der Waals surface area contributed by atoms with Crippen LogP contribution in [0.15, 0.2) is 59.0 Å². The van der Waals surface area contributed by atoms with Gasteiger partial charge in [-0.25, -0.2) is 0 Å². The van der Waals surface area contributed by atoms with Crippen molar-refractivity contribution in [2.75, 3.05) is 7.05 Å². The Morgan fingerprint density at radius 2 is 1.74 bits per heavy atom. The maximum absolute atomic E-state index is 6.23. The van der Waals surface area contributed by atoms with Gasteiger partial charge in [-0.05, 0) is 56.8 Å². The molecule has 2 fully saturated rings. The first-order chi connectivity index (χ1) is 13.2. The number of nitrogens with zero attached hydrogens (tertiary/aromatic N) is 3. The van der Waals surface area contributed by atoms with Crippen LogP contribution in [0.1, 0.15) is 48.1 Å². The summed E-state index contributed by atoms with van der Waals surface area (Å²) in [7, 11) is 2.26. The average molecular weight is 359 g/mol. The first kappa shape index (κ1) is 16.7. The Kier molecular flexibility index (Phi) is 4.09. The molecule has 3 heterocycles. The van der Waals surface area contributed by atoms with Gasteiger partial charge in [0, 0.05) is 17.6 Å². The van der Waals surface area contributed by atoms with Crippen LogP contribution < -0.4 is 0 Å². The summed E-state index contributed by atoms with van der Waals surface area (Å²) in [5.74, 6) is 2.09. The minimum atomic E-state index is 0.251. The molecule has 2 saturated heterocycles. The normalized spacial score (nSPS) is 27.8. The Balaban J connectivity index is 1.54. The van der Waals surface area contributed by atoms with Crippen molar-refractivity contribution in [2.24, 2.45) is 0 Å². The summed E-state index contributed by atoms with van der Waals surface area (Å²) in [4.78, 5) is 2.54. The molecular weight excluding hydrogens is 334 g/mol. The summed E-state index contributed by atoms with van der Waals surface area (Å²) in [6.07, 6.45) is 3.63. The molecule has 1 aromatic heterocycles. The summed E-state index contributed by atoms with van der Waals surface area (Å²) in [5, 5.41) is 8.89. The molecule has 27 heavy (non-hydrogen) atoms. The van der Waals surface area contributed by atoms with Crippen LogP contribution in [0.4, 0.5) is 0 Å². The number of hydrogen-bond donors (Lipinski definition) is 0. The highest BCUT2D eigenvalue weighted by Crippen LogP contribution is 2.50. The highest BCUT2D eigenvalue weighted by Gasteiger charge is 2.48. The van der Waals surface area contributed by atoms with E-state index in [9.17, 15) is 0 Å². The quantitative estimate of drug-likeness (QED) is 0.675. The van der Waals surface area contributed by atoms with Gasteiger partial charge in [0.25, 0.3) is 0 Å². The molecule has 0 aliphatic carbocycles. The van der Waals surface area contributed by atoms with Crippen molar-refractivity contribution in [1.29, 1.82) is 0 Å². The molecule has 2 bridgehead atoms. The van der Waals surface area contributed by atoms with E-state index in [1.807, 2.05) is 30.3 Å². The first-order valence-electron chi connectivity index (χ1n) is 9.88. The lowest BCUT2D eigenvalue weighted by atomic mass is 9.76. The molecule has 4 atom stereocenters. The Bertz CT molecular complexity index is 918. The van der Waals surface area contributed by atoms with Crippen molar-refractivity contribution in [1.82, 2.24) is 15.1 Å². The number of aryl methyl sites for hydroxylation is 1. The van der Waals surface area contributed by atoms with Gasteiger partial charge < -0.3 is 4.42 Å². The van der Waals surface area contributed by atoms with Crippen LogP contribution >= 0.6 is 0 Å². The van der Waals surface area contributed by atoms with Crippen molar-refractivity contribution in [3.8, 4) is 11.5 Å². The molecule has 0 N–H and O–H groups in total. The molecule has 0 radical (unpaired) electrons. The minimum absolute atomic E-state index is 0.251. The van der Waals surface area contributed by atoms with Crippen LogP contribution in [-0.2, 0) is 0 Å². The fourth-order valence-electron chi connectivity index (χ4n) is 5.03. The van der Waals surface area contributed by atoms with Gasteiger partial charge in [0.1, 0.15) is 0 Å². The summed E-state index contributed by atoms with van der Waals surface area (Å²) in [6.45, 7) is 2.14. The van der Waals surface area contributed by atoms with E-state index in [2.05, 4.69) is 53.3 Å². The summed E-state index contributed by atoms with van der Waals surface area (Å²) in [5.41, 5.74) is 3.68. The van der Waals surface area contributed by atoms with Gasteiger partial charge in [0.2, 0.25) is 11.8 Å². The second kappa shape index (κ2) is 6.61. The lowest BCUT2D eigenvalue weighted by Crippen LogP contribution is -2.44. The highest BCUT2D eigenvalue weighted by molar-refractivity contribution is 5.51. The predicted molar refractivity (Wildman–Crippen MR) is 106 cm³/mol. The zero-order valence-electron chi connectivity index (χ0n) is 15.9. The molecule has 2 aliphatic heterocycles. The van der Waals surface area contributed by atoms with Gasteiger partial charge in [-0.2, -0.15) is 0 Å². The van der Waals surface area contributed by atoms with E-state index in [0.717, 1.165) is 17.9 Å². The van der Waals surface area contributed by atoms with Crippen LogP contribution in [0.3, 0.4) is 0 Å². The van der Waals surface area contributed by atoms with E-state index in [1.165, 1.54) is 24.0 Å². The lowest BCUT2D eigenvalue weighted by molar-refractivity contribution is 0.124. The molecule has 1 unspecified atom stereocenters. The number of piperidine rings is 1. The SMILES string of the molecule is Cc1ccc([C@H]2C[C@H]3CCC([C@@H]2c2nnc(-c4ccccc4)o2)N3C)cc1. The predicted octanol–water partition coefficient (Wildman–Crippen LogP) is 4.78. The van der Waals surface area contributed by atoms with Gasteiger partial charge in [-0.3, -0.25) is 4.90 Å². The number of hydrogen-bond acceptors (Lipinski definition) is 4. The van der Waals surface area contributed by atoms with E-state index in [0.29, 0.717) is 23.9 Å². The third kappa shape index (κ3) is 2.88. The number of rotatable bonds is 3. The molecule has 4 heteroatoms. The summed E-state index contributed by atoms with van der Waals surface area (Å²) in [6, 6.07) is 20.2. The van der Waals surface area contributed by atoms with Crippen molar-refractivity contribution >= 4 is 0 Å². The molecule has 0 spiro atoms. The van der Waals surface area contributed by atoms with Gasteiger partial charge in [-0.15, -0.1) is 10.2 Å². The molecular formula is C23H25N3O. The fraction of sp³-hybridized carbons (Fsp3) is 0.391. The highest BCUT2D eigenvalue weighted by atomic mass is 16.4. The van der Waals surface area contributed by atoms with Gasteiger partial charge >= 0.3 is 0 Å². The monoisotopic (exact) mass is 359 g/mol. The van der Waals surface area contributed by atoms with E-state index in [4.69, 9.17) is 4.42 Å². The van der Waals surface area contributed by atoms with Crippen molar-refractivity contribution in [2.45, 2.75) is 50.1 Å². The molecule has 138 valence electrons. The average Bonchev–Trinajstić information content (AvgIpc) is 3.26. The van der Waals surface area contributed by atoms with Gasteiger partial charge in [0.15, 0.2) is 0 Å². The Morgan fingerprint density at radius 3 is 2.52 bits per heavy atom. The molecule has 3 aromatic rings. The largest absolute Gasteiger partial charge is 0.420 e. The Labute approximate surface area is 160 Å². The van der Waals surface area contributed by atoms with Crippen molar-refractivity contribution in [3.05, 3.63) is 71.6 Å². The van der Waals surface area contributed by atoms with Crippen molar-refractivity contribution < 1.29 is 4.42 Å². The number of fused-ring (bicyclic) bond motifs is 2. The third-order valence-electron chi connectivity index (χ3n) is 6.52. The smallest absolute Gasteiger partial charge is 0.247 e. The maximum Gasteiger partial charge on any atom is 0.247 e. The molecule has 2 aliphatic rings. The first-order valence-corrected chi connectivity index (χ1v) is 9.88. The molecule has 0 saturated carbocycles. The van der Waals surface area contributed by atoms with Crippen LogP contribution in [0.25, 0.3) is 11.5 Å². The standard InChI is InChI=1S/C23H25N3O/c1-15-8-10-16(11-9-15)19-14-18-12-13-20(26(18)2)21(19)23-25-24-22(27-23)17-6-4-3-5-7-17/h3-11,18-21H,12-14H2,1-2H3/t18-,19-,20?,21-/m1/s1. The van der Waals surface area contributed by atoms with Gasteiger partial charge in [0.05, 0.1) is 5.92 Å².